The smallest absolute Gasteiger partial charge is 0.261 e. The zero-order valence-corrected chi connectivity index (χ0v) is 16.1. The number of aryl methyl sites for hydroxylation is 1. The molecule has 26 heavy (non-hydrogen) atoms. The molecule has 0 saturated heterocycles. The van der Waals surface area contributed by atoms with Crippen molar-refractivity contribution in [3.8, 4) is 5.69 Å². The van der Waals surface area contributed by atoms with Crippen molar-refractivity contribution in [1.29, 1.82) is 0 Å². The van der Waals surface area contributed by atoms with Gasteiger partial charge in [0, 0.05) is 18.5 Å². The van der Waals surface area contributed by atoms with E-state index in [2.05, 4.69) is 29.2 Å². The molecule has 1 N–H and O–H groups in total. The van der Waals surface area contributed by atoms with Gasteiger partial charge in [-0.2, -0.15) is 5.10 Å². The van der Waals surface area contributed by atoms with E-state index < -0.39 is 0 Å². The molecule has 5 nitrogen and oxygen atoms in total. The molecule has 2 aromatic heterocycles. The number of benzene rings is 1. The Labute approximate surface area is 156 Å². The maximum Gasteiger partial charge on any atom is 0.261 e. The molecule has 0 fully saturated rings. The predicted molar refractivity (Wildman–Crippen MR) is 104 cm³/mol. The fourth-order valence-corrected chi connectivity index (χ4v) is 3.97. The molecule has 3 rings (SSSR count). The molecule has 0 radical (unpaired) electrons. The summed E-state index contributed by atoms with van der Waals surface area (Å²) in [4.78, 5) is 16.3. The van der Waals surface area contributed by atoms with Gasteiger partial charge in [0.2, 0.25) is 0 Å². The van der Waals surface area contributed by atoms with Crippen molar-refractivity contribution in [3.05, 3.63) is 46.7 Å². The third-order valence-corrected chi connectivity index (χ3v) is 5.56. The zero-order valence-electron chi connectivity index (χ0n) is 15.3. The van der Waals surface area contributed by atoms with E-state index in [0.717, 1.165) is 41.2 Å². The maximum absolute atomic E-state index is 13.2. The van der Waals surface area contributed by atoms with Gasteiger partial charge >= 0.3 is 0 Å². The number of thiophene rings is 1. The van der Waals surface area contributed by atoms with E-state index in [-0.39, 0.29) is 11.7 Å². The number of nitrogens with zero attached hydrogens (tertiary/aromatic N) is 3. The van der Waals surface area contributed by atoms with Crippen LogP contribution >= 0.6 is 11.3 Å². The standard InChI is InChI=1S/C19H23FN4OS/c1-4-23(5-2)11-10-21-18(25)17-12-16-13(3)22-24(19(16)26-17)15-8-6-14(20)7-9-15/h6-9,12H,4-5,10-11H2,1-3H3,(H,21,25). The van der Waals surface area contributed by atoms with Gasteiger partial charge in [-0.25, -0.2) is 9.07 Å². The molecule has 0 spiro atoms. The third-order valence-electron chi connectivity index (χ3n) is 4.45. The molecule has 1 amide bonds. The monoisotopic (exact) mass is 374 g/mol. The quantitative estimate of drug-likeness (QED) is 0.687. The van der Waals surface area contributed by atoms with Crippen LogP contribution < -0.4 is 5.32 Å². The lowest BCUT2D eigenvalue weighted by Gasteiger charge is -2.17. The number of amides is 1. The summed E-state index contributed by atoms with van der Waals surface area (Å²) in [7, 11) is 0. The molecule has 0 bridgehead atoms. The summed E-state index contributed by atoms with van der Waals surface area (Å²) in [5.41, 5.74) is 1.63. The van der Waals surface area contributed by atoms with E-state index >= 15 is 0 Å². The molecule has 2 heterocycles. The topological polar surface area (TPSA) is 50.2 Å². The highest BCUT2D eigenvalue weighted by atomic mass is 32.1. The lowest BCUT2D eigenvalue weighted by atomic mass is 10.3. The molecular formula is C19H23FN4OS. The molecule has 3 aromatic rings. The Balaban J connectivity index is 1.80. The van der Waals surface area contributed by atoms with Crippen LogP contribution in [0.3, 0.4) is 0 Å². The highest BCUT2D eigenvalue weighted by Crippen LogP contribution is 2.30. The van der Waals surface area contributed by atoms with E-state index in [9.17, 15) is 9.18 Å². The molecule has 0 aliphatic carbocycles. The molecule has 1 aromatic carbocycles. The summed E-state index contributed by atoms with van der Waals surface area (Å²) in [5.74, 6) is -0.350. The summed E-state index contributed by atoms with van der Waals surface area (Å²) in [6.45, 7) is 9.55. The van der Waals surface area contributed by atoms with Crippen molar-refractivity contribution in [2.24, 2.45) is 0 Å². The van der Waals surface area contributed by atoms with E-state index in [4.69, 9.17) is 0 Å². The van der Waals surface area contributed by atoms with Crippen LogP contribution in [0, 0.1) is 12.7 Å². The molecule has 0 saturated carbocycles. The van der Waals surface area contributed by atoms with Gasteiger partial charge in [0.1, 0.15) is 10.6 Å². The van der Waals surface area contributed by atoms with Gasteiger partial charge in [0.15, 0.2) is 0 Å². The summed E-state index contributed by atoms with van der Waals surface area (Å²) >= 11 is 1.40. The molecule has 0 aliphatic heterocycles. The summed E-state index contributed by atoms with van der Waals surface area (Å²) in [6, 6.07) is 8.07. The Bertz CT molecular complexity index is 896. The van der Waals surface area contributed by atoms with Crippen molar-refractivity contribution in [3.63, 3.8) is 0 Å². The van der Waals surface area contributed by atoms with Gasteiger partial charge in [-0.15, -0.1) is 11.3 Å². The van der Waals surface area contributed by atoms with Crippen LogP contribution in [0.2, 0.25) is 0 Å². The first kappa shape index (κ1) is 18.5. The average Bonchev–Trinajstić information content (AvgIpc) is 3.20. The van der Waals surface area contributed by atoms with Gasteiger partial charge in [0.05, 0.1) is 16.3 Å². The molecule has 0 unspecified atom stereocenters. The normalized spacial score (nSPS) is 11.4. The number of fused-ring (bicyclic) bond motifs is 1. The number of halogens is 1. The number of rotatable bonds is 7. The second-order valence-electron chi connectivity index (χ2n) is 6.09. The second-order valence-corrected chi connectivity index (χ2v) is 7.12. The van der Waals surface area contributed by atoms with Gasteiger partial charge in [-0.1, -0.05) is 13.8 Å². The van der Waals surface area contributed by atoms with Crippen LogP contribution in [0.4, 0.5) is 4.39 Å². The Hall–Kier alpha value is -2.25. The first-order valence-electron chi connectivity index (χ1n) is 8.79. The number of aromatic nitrogens is 2. The number of nitrogens with one attached hydrogen (secondary N) is 1. The SMILES string of the molecule is CCN(CC)CCNC(=O)c1cc2c(C)nn(-c3ccc(F)cc3)c2s1. The van der Waals surface area contributed by atoms with Crippen LogP contribution in [-0.4, -0.2) is 46.8 Å². The molecule has 138 valence electrons. The Morgan fingerprint density at radius 2 is 1.96 bits per heavy atom. The zero-order chi connectivity index (χ0) is 18.7. The number of hydrogen-bond donors (Lipinski definition) is 1. The van der Waals surface area contributed by atoms with Crippen molar-refractivity contribution < 1.29 is 9.18 Å². The third kappa shape index (κ3) is 3.78. The molecular weight excluding hydrogens is 351 g/mol. The van der Waals surface area contributed by atoms with Gasteiger partial charge < -0.3 is 10.2 Å². The fraction of sp³-hybridized carbons (Fsp3) is 0.368. The van der Waals surface area contributed by atoms with E-state index in [1.165, 1.54) is 23.5 Å². The van der Waals surface area contributed by atoms with Crippen molar-refractivity contribution in [2.75, 3.05) is 26.2 Å². The first-order chi connectivity index (χ1) is 12.5. The minimum atomic E-state index is -0.284. The van der Waals surface area contributed by atoms with Crippen molar-refractivity contribution >= 4 is 27.5 Å². The van der Waals surface area contributed by atoms with E-state index in [1.807, 2.05) is 13.0 Å². The van der Waals surface area contributed by atoms with Crippen LogP contribution in [-0.2, 0) is 0 Å². The summed E-state index contributed by atoms with van der Waals surface area (Å²) in [5, 5.41) is 8.46. The molecule has 0 atom stereocenters. The number of carbonyl (C=O) groups excluding carboxylic acids is 1. The average molecular weight is 374 g/mol. The number of likely N-dealkylation sites (N-methyl/N-ethyl adjacent to an activating group) is 1. The number of carbonyl (C=O) groups is 1. The maximum atomic E-state index is 13.2. The van der Waals surface area contributed by atoms with Crippen LogP contribution in [0.15, 0.2) is 30.3 Å². The van der Waals surface area contributed by atoms with Gasteiger partial charge in [0.25, 0.3) is 5.91 Å². The highest BCUT2D eigenvalue weighted by Gasteiger charge is 2.17. The summed E-state index contributed by atoms with van der Waals surface area (Å²) < 4.78 is 14.9. The van der Waals surface area contributed by atoms with Crippen molar-refractivity contribution in [1.82, 2.24) is 20.0 Å². The lowest BCUT2D eigenvalue weighted by Crippen LogP contribution is -2.34. The van der Waals surface area contributed by atoms with E-state index in [0.29, 0.717) is 11.4 Å². The fourth-order valence-electron chi connectivity index (χ4n) is 2.87. The highest BCUT2D eigenvalue weighted by molar-refractivity contribution is 7.20. The van der Waals surface area contributed by atoms with Gasteiger partial charge in [-0.05, 0) is 50.3 Å². The minimum Gasteiger partial charge on any atom is -0.350 e. The van der Waals surface area contributed by atoms with Crippen LogP contribution in [0.1, 0.15) is 29.2 Å². The van der Waals surface area contributed by atoms with E-state index in [1.54, 1.807) is 16.8 Å². The van der Waals surface area contributed by atoms with Crippen LogP contribution in [0.5, 0.6) is 0 Å². The van der Waals surface area contributed by atoms with Crippen molar-refractivity contribution in [2.45, 2.75) is 20.8 Å². The van der Waals surface area contributed by atoms with Gasteiger partial charge in [-0.3, -0.25) is 4.79 Å². The lowest BCUT2D eigenvalue weighted by molar-refractivity contribution is 0.0953. The Kier molecular flexibility index (Phi) is 5.68. The van der Waals surface area contributed by atoms with Crippen LogP contribution in [0.25, 0.3) is 15.9 Å². The molecule has 0 aliphatic rings. The second kappa shape index (κ2) is 7.97. The first-order valence-corrected chi connectivity index (χ1v) is 9.60. The number of hydrogen-bond acceptors (Lipinski definition) is 4. The molecule has 7 heteroatoms. The predicted octanol–water partition coefficient (Wildman–Crippen LogP) is 3.61. The Morgan fingerprint density at radius 1 is 1.27 bits per heavy atom. The Morgan fingerprint density at radius 3 is 2.62 bits per heavy atom. The largest absolute Gasteiger partial charge is 0.350 e. The summed E-state index contributed by atoms with van der Waals surface area (Å²) in [6.07, 6.45) is 0. The minimum absolute atomic E-state index is 0.0663.